The summed E-state index contributed by atoms with van der Waals surface area (Å²) >= 11 is 6.21. The van der Waals surface area contributed by atoms with Crippen LogP contribution in [0.5, 0.6) is 0 Å². The molecular formula is C23H14F3NO4S2. The van der Waals surface area contributed by atoms with Crippen molar-refractivity contribution < 1.29 is 32.3 Å². The largest absolute Gasteiger partial charge is 0.478 e. The minimum atomic E-state index is -4.54. The number of nitrogens with zero attached hydrogens (tertiary/aromatic N) is 1. The Balaban J connectivity index is 1.54. The van der Waals surface area contributed by atoms with Crippen LogP contribution in [0, 0.1) is 0 Å². The third-order valence-electron chi connectivity index (χ3n) is 4.84. The van der Waals surface area contributed by atoms with Gasteiger partial charge in [-0.2, -0.15) is 13.2 Å². The van der Waals surface area contributed by atoms with Crippen LogP contribution in [0.4, 0.5) is 13.2 Å². The fraction of sp³-hybridized carbons (Fsp3) is 0.0870. The van der Waals surface area contributed by atoms with Crippen molar-refractivity contribution in [3.8, 4) is 11.3 Å². The normalized spacial score (nSPS) is 15.5. The average molecular weight is 489 g/mol. The molecule has 168 valence electrons. The highest BCUT2D eigenvalue weighted by atomic mass is 32.2. The molecule has 1 aliphatic heterocycles. The maximum absolute atomic E-state index is 13.3. The highest BCUT2D eigenvalue weighted by Crippen LogP contribution is 2.37. The standard InChI is InChI=1S/C23H14F3NO4S2/c24-23(25,26)17-4-2-1-3-15(17)12-27-20(28)19(33-22(27)32)11-16-9-10-18(31-16)13-5-7-14(8-6-13)21(29)30/h1-11H,12H2,(H,29,30)/b19-11+. The highest BCUT2D eigenvalue weighted by Gasteiger charge is 2.37. The number of aromatic carboxylic acids is 1. The number of hydrogen-bond donors (Lipinski definition) is 1. The lowest BCUT2D eigenvalue weighted by Gasteiger charge is -2.18. The number of hydrogen-bond acceptors (Lipinski definition) is 5. The van der Waals surface area contributed by atoms with E-state index in [0.717, 1.165) is 22.7 Å². The van der Waals surface area contributed by atoms with Crippen molar-refractivity contribution >= 4 is 46.3 Å². The Morgan fingerprint density at radius 1 is 1.09 bits per heavy atom. The SMILES string of the molecule is O=C(O)c1ccc(-c2ccc(/C=C3/SC(=S)N(Cc4ccccc4C(F)(F)F)C3=O)o2)cc1. The predicted molar refractivity (Wildman–Crippen MR) is 121 cm³/mol. The van der Waals surface area contributed by atoms with E-state index in [4.69, 9.17) is 21.7 Å². The van der Waals surface area contributed by atoms with Crippen molar-refractivity contribution in [2.24, 2.45) is 0 Å². The first-order valence-corrected chi connectivity index (χ1v) is 10.7. The van der Waals surface area contributed by atoms with Gasteiger partial charge in [-0.15, -0.1) is 0 Å². The summed E-state index contributed by atoms with van der Waals surface area (Å²) in [5.41, 5.74) is -0.0717. The lowest BCUT2D eigenvalue weighted by Crippen LogP contribution is -2.28. The summed E-state index contributed by atoms with van der Waals surface area (Å²) in [6.07, 6.45) is -3.07. The van der Waals surface area contributed by atoms with E-state index in [2.05, 4.69) is 0 Å². The molecule has 1 fully saturated rings. The zero-order chi connectivity index (χ0) is 23.8. The second-order valence-electron chi connectivity index (χ2n) is 7.01. The molecule has 0 saturated carbocycles. The van der Waals surface area contributed by atoms with E-state index in [0.29, 0.717) is 17.1 Å². The van der Waals surface area contributed by atoms with Gasteiger partial charge in [-0.25, -0.2) is 4.79 Å². The van der Waals surface area contributed by atoms with Crippen LogP contribution >= 0.6 is 24.0 Å². The van der Waals surface area contributed by atoms with Crippen molar-refractivity contribution in [1.82, 2.24) is 4.90 Å². The molecule has 0 atom stereocenters. The number of carbonyl (C=O) groups excluding carboxylic acids is 1. The Hall–Kier alpha value is -3.37. The molecule has 1 aromatic heterocycles. The summed E-state index contributed by atoms with van der Waals surface area (Å²) in [7, 11) is 0. The number of halogens is 3. The van der Waals surface area contributed by atoms with E-state index >= 15 is 0 Å². The first-order chi connectivity index (χ1) is 15.6. The number of thioether (sulfide) groups is 1. The molecular weight excluding hydrogens is 475 g/mol. The fourth-order valence-corrected chi connectivity index (χ4v) is 4.47. The Morgan fingerprint density at radius 3 is 2.45 bits per heavy atom. The summed E-state index contributed by atoms with van der Waals surface area (Å²) in [6, 6.07) is 14.5. The molecule has 2 aromatic carbocycles. The number of carboxylic acid groups (broad SMARTS) is 1. The van der Waals surface area contributed by atoms with Crippen LogP contribution in [-0.4, -0.2) is 26.2 Å². The van der Waals surface area contributed by atoms with Gasteiger partial charge in [-0.05, 0) is 35.9 Å². The third-order valence-corrected chi connectivity index (χ3v) is 6.22. The minimum Gasteiger partial charge on any atom is -0.478 e. The number of amides is 1. The molecule has 1 amide bonds. The number of carbonyl (C=O) groups is 2. The number of thiocarbonyl (C=S) groups is 1. The van der Waals surface area contributed by atoms with Gasteiger partial charge in [-0.3, -0.25) is 9.69 Å². The van der Waals surface area contributed by atoms with Crippen LogP contribution in [0.15, 0.2) is 70.0 Å². The van der Waals surface area contributed by atoms with Crippen molar-refractivity contribution in [2.75, 3.05) is 0 Å². The Labute approximate surface area is 195 Å². The topological polar surface area (TPSA) is 70.8 Å². The van der Waals surface area contributed by atoms with Gasteiger partial charge in [-0.1, -0.05) is 54.3 Å². The zero-order valence-corrected chi connectivity index (χ0v) is 18.3. The second kappa shape index (κ2) is 8.87. The number of rotatable bonds is 5. The van der Waals surface area contributed by atoms with Gasteiger partial charge in [0, 0.05) is 11.6 Å². The molecule has 10 heteroatoms. The van der Waals surface area contributed by atoms with Crippen LogP contribution in [0.25, 0.3) is 17.4 Å². The smallest absolute Gasteiger partial charge is 0.416 e. The Kier molecular flexibility index (Phi) is 6.13. The summed E-state index contributed by atoms with van der Waals surface area (Å²) in [4.78, 5) is 25.2. The molecule has 5 nitrogen and oxygen atoms in total. The molecule has 0 spiro atoms. The van der Waals surface area contributed by atoms with E-state index < -0.39 is 23.6 Å². The zero-order valence-electron chi connectivity index (χ0n) is 16.6. The second-order valence-corrected chi connectivity index (χ2v) is 8.68. The van der Waals surface area contributed by atoms with Crippen molar-refractivity contribution in [3.63, 3.8) is 0 Å². The molecule has 1 aliphatic rings. The predicted octanol–water partition coefficient (Wildman–Crippen LogP) is 6.07. The van der Waals surface area contributed by atoms with Crippen LogP contribution < -0.4 is 0 Å². The van der Waals surface area contributed by atoms with E-state index in [1.807, 2.05) is 0 Å². The lowest BCUT2D eigenvalue weighted by molar-refractivity contribution is -0.138. The highest BCUT2D eigenvalue weighted by molar-refractivity contribution is 8.26. The van der Waals surface area contributed by atoms with Gasteiger partial charge >= 0.3 is 12.1 Å². The summed E-state index contributed by atoms with van der Waals surface area (Å²) in [5.74, 6) is -0.733. The average Bonchev–Trinajstić information content (AvgIpc) is 3.34. The van der Waals surface area contributed by atoms with Gasteiger partial charge in [0.1, 0.15) is 15.8 Å². The maximum atomic E-state index is 13.3. The van der Waals surface area contributed by atoms with Crippen LogP contribution in [0.3, 0.4) is 0 Å². The molecule has 4 rings (SSSR count). The molecule has 0 bridgehead atoms. The molecule has 0 unspecified atom stereocenters. The lowest BCUT2D eigenvalue weighted by atomic mass is 10.1. The van der Waals surface area contributed by atoms with E-state index in [9.17, 15) is 22.8 Å². The van der Waals surface area contributed by atoms with E-state index in [1.54, 1.807) is 24.3 Å². The summed E-state index contributed by atoms with van der Waals surface area (Å²) in [5, 5.41) is 8.99. The minimum absolute atomic E-state index is 0.0485. The monoisotopic (exact) mass is 489 g/mol. The Morgan fingerprint density at radius 2 is 1.79 bits per heavy atom. The fourth-order valence-electron chi connectivity index (χ4n) is 3.23. The molecule has 1 N–H and O–H groups in total. The van der Waals surface area contributed by atoms with E-state index in [-0.39, 0.29) is 26.9 Å². The number of furan rings is 1. The van der Waals surface area contributed by atoms with E-state index in [1.165, 1.54) is 36.4 Å². The van der Waals surface area contributed by atoms with Crippen LogP contribution in [0.2, 0.25) is 0 Å². The van der Waals surface area contributed by atoms with Crippen LogP contribution in [-0.2, 0) is 17.5 Å². The maximum Gasteiger partial charge on any atom is 0.416 e. The third kappa shape index (κ3) is 4.86. The molecule has 0 radical (unpaired) electrons. The molecule has 3 aromatic rings. The first-order valence-electron chi connectivity index (χ1n) is 9.47. The van der Waals surface area contributed by atoms with Crippen molar-refractivity contribution in [2.45, 2.75) is 12.7 Å². The van der Waals surface area contributed by atoms with Gasteiger partial charge in [0.2, 0.25) is 0 Å². The number of carboxylic acids is 1. The van der Waals surface area contributed by atoms with Gasteiger partial charge in [0.05, 0.1) is 22.6 Å². The molecule has 33 heavy (non-hydrogen) atoms. The van der Waals surface area contributed by atoms with Gasteiger partial charge in [0.25, 0.3) is 5.91 Å². The summed E-state index contributed by atoms with van der Waals surface area (Å²) in [6.45, 7) is -0.295. The number of benzene rings is 2. The Bertz CT molecular complexity index is 1280. The van der Waals surface area contributed by atoms with Crippen LogP contribution in [0.1, 0.15) is 27.2 Å². The summed E-state index contributed by atoms with van der Waals surface area (Å²) < 4.78 is 45.8. The van der Waals surface area contributed by atoms with Crippen molar-refractivity contribution in [1.29, 1.82) is 0 Å². The van der Waals surface area contributed by atoms with Gasteiger partial charge < -0.3 is 9.52 Å². The molecule has 2 heterocycles. The quantitative estimate of drug-likeness (QED) is 0.347. The first kappa shape index (κ1) is 22.8. The van der Waals surface area contributed by atoms with Crippen molar-refractivity contribution in [3.05, 3.63) is 88.0 Å². The van der Waals surface area contributed by atoms with Gasteiger partial charge in [0.15, 0.2) is 0 Å². The number of alkyl halides is 3. The molecule has 1 saturated heterocycles. The molecule has 0 aliphatic carbocycles.